The van der Waals surface area contributed by atoms with Gasteiger partial charge in [-0.3, -0.25) is 4.79 Å². The molecule has 0 unspecified atom stereocenters. The van der Waals surface area contributed by atoms with Gasteiger partial charge >= 0.3 is 0 Å². The minimum Gasteiger partial charge on any atom is -0.377 e. The number of hydrogen-bond donors (Lipinski definition) is 2. The van der Waals surface area contributed by atoms with E-state index in [0.29, 0.717) is 17.2 Å². The summed E-state index contributed by atoms with van der Waals surface area (Å²) in [7, 11) is -0.442. The lowest BCUT2D eigenvalue weighted by Gasteiger charge is -2.33. The fourth-order valence-electron chi connectivity index (χ4n) is 2.54. The second-order valence-corrected chi connectivity index (χ2v) is 7.40. The van der Waals surface area contributed by atoms with Gasteiger partial charge in [0.2, 0.25) is 10.0 Å². The number of benzene rings is 1. The molecule has 3 N–H and O–H groups in total. The number of carbonyl (C=O) groups excluding carboxylic acids is 1. The zero-order valence-electron chi connectivity index (χ0n) is 12.5. The molecule has 1 saturated carbocycles. The van der Waals surface area contributed by atoms with E-state index in [-0.39, 0.29) is 16.8 Å². The number of primary sulfonamides is 1. The maximum atomic E-state index is 12.2. The minimum atomic E-state index is -3.89. The standard InChI is InChI=1S/C14H21N3O3S/c1-9-6-11(7-9)16-14(18)10-4-5-12(17(2)3)13(8-10)21(15,19)20/h4-5,8-9,11H,6-7H2,1-3H3,(H,16,18)(H2,15,19,20). The number of carbonyl (C=O) groups is 1. The van der Waals surface area contributed by atoms with Crippen molar-refractivity contribution in [1.82, 2.24) is 5.32 Å². The first kappa shape index (κ1) is 15.8. The van der Waals surface area contributed by atoms with Gasteiger partial charge in [0, 0.05) is 25.7 Å². The summed E-state index contributed by atoms with van der Waals surface area (Å²) in [4.78, 5) is 13.8. The molecule has 0 bridgehead atoms. The van der Waals surface area contributed by atoms with Crippen molar-refractivity contribution in [2.75, 3.05) is 19.0 Å². The molecule has 7 heteroatoms. The van der Waals surface area contributed by atoms with Gasteiger partial charge in [-0.05, 0) is 37.0 Å². The molecule has 1 aliphatic carbocycles. The van der Waals surface area contributed by atoms with Gasteiger partial charge < -0.3 is 10.2 Å². The molecule has 0 saturated heterocycles. The topological polar surface area (TPSA) is 92.5 Å². The van der Waals surface area contributed by atoms with Crippen LogP contribution in [0.4, 0.5) is 5.69 Å². The molecule has 0 aliphatic heterocycles. The van der Waals surface area contributed by atoms with Crippen molar-refractivity contribution in [3.8, 4) is 0 Å². The predicted octanol–water partition coefficient (Wildman–Crippen LogP) is 0.928. The first-order valence-electron chi connectivity index (χ1n) is 6.83. The Hall–Kier alpha value is -1.60. The van der Waals surface area contributed by atoms with Crippen molar-refractivity contribution in [1.29, 1.82) is 0 Å². The summed E-state index contributed by atoms with van der Waals surface area (Å²) >= 11 is 0. The third-order valence-corrected chi connectivity index (χ3v) is 4.66. The van der Waals surface area contributed by atoms with Gasteiger partial charge in [0.05, 0.1) is 5.69 Å². The van der Waals surface area contributed by atoms with Crippen LogP contribution in [0.5, 0.6) is 0 Å². The van der Waals surface area contributed by atoms with E-state index in [1.54, 1.807) is 31.1 Å². The summed E-state index contributed by atoms with van der Waals surface area (Å²) < 4.78 is 23.4. The highest BCUT2D eigenvalue weighted by atomic mass is 32.2. The highest BCUT2D eigenvalue weighted by Crippen LogP contribution is 2.27. The Morgan fingerprint density at radius 2 is 1.95 bits per heavy atom. The fourth-order valence-corrected chi connectivity index (χ4v) is 3.38. The van der Waals surface area contributed by atoms with E-state index in [1.165, 1.54) is 6.07 Å². The quantitative estimate of drug-likeness (QED) is 0.865. The Balaban J connectivity index is 2.27. The van der Waals surface area contributed by atoms with E-state index in [0.717, 1.165) is 12.8 Å². The molecule has 21 heavy (non-hydrogen) atoms. The Kier molecular flexibility index (Phi) is 4.25. The molecule has 0 radical (unpaired) electrons. The van der Waals surface area contributed by atoms with E-state index >= 15 is 0 Å². The summed E-state index contributed by atoms with van der Waals surface area (Å²) in [6.07, 6.45) is 1.92. The van der Waals surface area contributed by atoms with Crippen LogP contribution in [0.1, 0.15) is 30.1 Å². The van der Waals surface area contributed by atoms with Crippen molar-refractivity contribution in [3.05, 3.63) is 23.8 Å². The van der Waals surface area contributed by atoms with Crippen molar-refractivity contribution < 1.29 is 13.2 Å². The van der Waals surface area contributed by atoms with Crippen LogP contribution in [0, 0.1) is 5.92 Å². The number of nitrogens with two attached hydrogens (primary N) is 1. The largest absolute Gasteiger partial charge is 0.377 e. The number of sulfonamides is 1. The maximum Gasteiger partial charge on any atom is 0.251 e. The smallest absolute Gasteiger partial charge is 0.251 e. The average molecular weight is 311 g/mol. The molecule has 1 fully saturated rings. The lowest BCUT2D eigenvalue weighted by molar-refractivity contribution is 0.0896. The fraction of sp³-hybridized carbons (Fsp3) is 0.500. The molecule has 0 aromatic heterocycles. The zero-order valence-corrected chi connectivity index (χ0v) is 13.3. The number of nitrogens with one attached hydrogen (secondary N) is 1. The highest BCUT2D eigenvalue weighted by molar-refractivity contribution is 7.89. The summed E-state index contributed by atoms with van der Waals surface area (Å²) in [6, 6.07) is 4.72. The van der Waals surface area contributed by atoms with Gasteiger partial charge in [0.25, 0.3) is 5.91 Å². The van der Waals surface area contributed by atoms with Gasteiger partial charge in [-0.1, -0.05) is 6.92 Å². The Morgan fingerprint density at radius 3 is 2.43 bits per heavy atom. The first-order chi connectivity index (χ1) is 9.68. The van der Waals surface area contributed by atoms with Crippen LogP contribution in [0.2, 0.25) is 0 Å². The lowest BCUT2D eigenvalue weighted by Crippen LogP contribution is -2.43. The summed E-state index contributed by atoms with van der Waals surface area (Å²) in [5.41, 5.74) is 0.774. The van der Waals surface area contributed by atoms with E-state index in [1.807, 2.05) is 0 Å². The Labute approximate surface area is 125 Å². The monoisotopic (exact) mass is 311 g/mol. The van der Waals surface area contributed by atoms with Crippen molar-refractivity contribution in [2.24, 2.45) is 11.1 Å². The van der Waals surface area contributed by atoms with Crippen LogP contribution in [0.15, 0.2) is 23.1 Å². The van der Waals surface area contributed by atoms with Crippen molar-refractivity contribution in [2.45, 2.75) is 30.7 Å². The van der Waals surface area contributed by atoms with Crippen molar-refractivity contribution >= 4 is 21.6 Å². The summed E-state index contributed by atoms with van der Waals surface area (Å²) in [6.45, 7) is 2.13. The van der Waals surface area contributed by atoms with Gasteiger partial charge in [-0.2, -0.15) is 0 Å². The van der Waals surface area contributed by atoms with E-state index in [4.69, 9.17) is 5.14 Å². The molecule has 1 aliphatic rings. The third-order valence-electron chi connectivity index (χ3n) is 3.72. The van der Waals surface area contributed by atoms with Crippen LogP contribution in [0.3, 0.4) is 0 Å². The van der Waals surface area contributed by atoms with Crippen LogP contribution in [0.25, 0.3) is 0 Å². The Bertz CT molecular complexity index is 649. The highest BCUT2D eigenvalue weighted by Gasteiger charge is 2.27. The number of hydrogen-bond acceptors (Lipinski definition) is 4. The SMILES string of the molecule is CC1CC(NC(=O)c2ccc(N(C)C)c(S(N)(=O)=O)c2)C1. The predicted molar refractivity (Wildman–Crippen MR) is 81.8 cm³/mol. The van der Waals surface area contributed by atoms with Gasteiger partial charge in [-0.15, -0.1) is 0 Å². The van der Waals surface area contributed by atoms with E-state index < -0.39 is 10.0 Å². The molecule has 0 spiro atoms. The van der Waals surface area contributed by atoms with Crippen LogP contribution < -0.4 is 15.4 Å². The summed E-state index contributed by atoms with van der Waals surface area (Å²) in [5, 5.41) is 8.14. The number of nitrogens with zero attached hydrogens (tertiary/aromatic N) is 1. The minimum absolute atomic E-state index is 0.0397. The van der Waals surface area contributed by atoms with E-state index in [2.05, 4.69) is 12.2 Å². The molecule has 1 aromatic carbocycles. The molecule has 0 heterocycles. The zero-order chi connectivity index (χ0) is 15.8. The second kappa shape index (κ2) is 5.65. The number of anilines is 1. The number of rotatable bonds is 4. The van der Waals surface area contributed by atoms with Crippen LogP contribution in [-0.4, -0.2) is 34.5 Å². The van der Waals surface area contributed by atoms with Crippen LogP contribution in [-0.2, 0) is 10.0 Å². The van der Waals surface area contributed by atoms with Gasteiger partial charge in [0.15, 0.2) is 0 Å². The summed E-state index contributed by atoms with van der Waals surface area (Å²) in [5.74, 6) is 0.369. The average Bonchev–Trinajstić information content (AvgIpc) is 2.35. The molecular weight excluding hydrogens is 290 g/mol. The Morgan fingerprint density at radius 1 is 1.33 bits per heavy atom. The molecule has 6 nitrogen and oxygen atoms in total. The van der Waals surface area contributed by atoms with Crippen LogP contribution >= 0.6 is 0 Å². The molecule has 2 rings (SSSR count). The molecule has 1 amide bonds. The first-order valence-corrected chi connectivity index (χ1v) is 8.38. The van der Waals surface area contributed by atoms with E-state index in [9.17, 15) is 13.2 Å². The van der Waals surface area contributed by atoms with Gasteiger partial charge in [-0.25, -0.2) is 13.6 Å². The normalized spacial score (nSPS) is 21.5. The maximum absolute atomic E-state index is 12.2. The molecule has 116 valence electrons. The second-order valence-electron chi connectivity index (χ2n) is 5.87. The van der Waals surface area contributed by atoms with Gasteiger partial charge in [0.1, 0.15) is 4.90 Å². The lowest BCUT2D eigenvalue weighted by atomic mass is 9.82. The van der Waals surface area contributed by atoms with Crippen molar-refractivity contribution in [3.63, 3.8) is 0 Å². The number of amides is 1. The molecular formula is C14H21N3O3S. The molecule has 0 atom stereocenters. The molecule has 1 aromatic rings. The third kappa shape index (κ3) is 3.54.